The predicted molar refractivity (Wildman–Crippen MR) is 69.9 cm³/mol. The summed E-state index contributed by atoms with van der Waals surface area (Å²) in [5.41, 5.74) is 0. The van der Waals surface area contributed by atoms with Crippen LogP contribution < -0.4 is 10.6 Å². The van der Waals surface area contributed by atoms with Crippen molar-refractivity contribution in [3.05, 3.63) is 12.2 Å². The third-order valence-electron chi connectivity index (χ3n) is 2.83. The van der Waals surface area contributed by atoms with Crippen LogP contribution >= 0.6 is 0 Å². The van der Waals surface area contributed by atoms with Gasteiger partial charge in [0.2, 0.25) is 5.91 Å². The number of amides is 1. The molecule has 1 aromatic heterocycles. The Kier molecular flexibility index (Phi) is 6.35. The van der Waals surface area contributed by atoms with Gasteiger partial charge in [-0.3, -0.25) is 10.1 Å². The molecule has 0 saturated heterocycles. The van der Waals surface area contributed by atoms with E-state index in [-0.39, 0.29) is 11.9 Å². The van der Waals surface area contributed by atoms with Crippen LogP contribution in [-0.4, -0.2) is 33.3 Å². The lowest BCUT2D eigenvalue weighted by Gasteiger charge is -2.13. The highest BCUT2D eigenvalue weighted by Crippen LogP contribution is 1.95. The fourth-order valence-electron chi connectivity index (χ4n) is 1.56. The van der Waals surface area contributed by atoms with Gasteiger partial charge in [-0.2, -0.15) is 0 Å². The number of carbonyl (C=O) groups excluding carboxylic acids is 1. The van der Waals surface area contributed by atoms with E-state index in [4.69, 9.17) is 0 Å². The van der Waals surface area contributed by atoms with Gasteiger partial charge in [-0.05, 0) is 20.3 Å². The van der Waals surface area contributed by atoms with Gasteiger partial charge in [-0.1, -0.05) is 13.3 Å². The van der Waals surface area contributed by atoms with Crippen LogP contribution in [-0.2, 0) is 17.9 Å². The molecule has 6 nitrogen and oxygen atoms in total. The number of unbranched alkanes of at least 4 members (excludes halogenated alkanes) is 1. The molecule has 6 heteroatoms. The van der Waals surface area contributed by atoms with Gasteiger partial charge < -0.3 is 9.88 Å². The van der Waals surface area contributed by atoms with Crippen molar-refractivity contribution in [2.24, 2.45) is 0 Å². The van der Waals surface area contributed by atoms with Gasteiger partial charge >= 0.3 is 0 Å². The topological polar surface area (TPSA) is 71.8 Å². The van der Waals surface area contributed by atoms with E-state index < -0.39 is 0 Å². The highest BCUT2D eigenvalue weighted by Gasteiger charge is 2.12. The third kappa shape index (κ3) is 4.44. The standard InChI is InChI=1S/C12H23N5O/c1-4-6-7-13-12(18)10(3)14-8-11-16-15-9-17(11)5-2/h9-10,14H,4-8H2,1-3H3,(H,13,18). The first-order chi connectivity index (χ1) is 8.69. The normalized spacial score (nSPS) is 12.4. The summed E-state index contributed by atoms with van der Waals surface area (Å²) in [5, 5.41) is 13.9. The van der Waals surface area contributed by atoms with Gasteiger partial charge in [0.15, 0.2) is 0 Å². The Morgan fingerprint density at radius 1 is 1.50 bits per heavy atom. The second kappa shape index (κ2) is 7.81. The Hall–Kier alpha value is -1.43. The Balaban J connectivity index is 2.32. The SMILES string of the molecule is CCCCNC(=O)C(C)NCc1nncn1CC. The largest absolute Gasteiger partial charge is 0.355 e. The van der Waals surface area contributed by atoms with Gasteiger partial charge in [0.1, 0.15) is 12.2 Å². The number of nitrogens with zero attached hydrogens (tertiary/aromatic N) is 3. The van der Waals surface area contributed by atoms with E-state index >= 15 is 0 Å². The lowest BCUT2D eigenvalue weighted by Crippen LogP contribution is -2.42. The Labute approximate surface area is 108 Å². The molecular formula is C12H23N5O. The molecule has 1 atom stereocenters. The maximum absolute atomic E-state index is 11.7. The molecular weight excluding hydrogens is 230 g/mol. The maximum atomic E-state index is 11.7. The zero-order valence-electron chi connectivity index (χ0n) is 11.4. The van der Waals surface area contributed by atoms with E-state index in [0.29, 0.717) is 6.54 Å². The van der Waals surface area contributed by atoms with E-state index in [1.54, 1.807) is 6.33 Å². The molecule has 1 heterocycles. The van der Waals surface area contributed by atoms with Crippen molar-refractivity contribution in [1.82, 2.24) is 25.4 Å². The number of nitrogens with one attached hydrogen (secondary N) is 2. The first-order valence-electron chi connectivity index (χ1n) is 6.56. The van der Waals surface area contributed by atoms with Gasteiger partial charge in [0.05, 0.1) is 12.6 Å². The van der Waals surface area contributed by atoms with Crippen LogP contribution in [0.3, 0.4) is 0 Å². The van der Waals surface area contributed by atoms with E-state index in [1.165, 1.54) is 0 Å². The van der Waals surface area contributed by atoms with Gasteiger partial charge in [-0.15, -0.1) is 10.2 Å². The molecule has 2 N–H and O–H groups in total. The molecule has 0 aliphatic heterocycles. The minimum atomic E-state index is -0.219. The number of aromatic nitrogens is 3. The van der Waals surface area contributed by atoms with Crippen LogP contribution in [0.4, 0.5) is 0 Å². The summed E-state index contributed by atoms with van der Waals surface area (Å²) in [6.45, 7) is 8.12. The van der Waals surface area contributed by atoms with Gasteiger partial charge in [-0.25, -0.2) is 0 Å². The van der Waals surface area contributed by atoms with Gasteiger partial charge in [0, 0.05) is 13.1 Å². The summed E-state index contributed by atoms with van der Waals surface area (Å²) in [6, 6.07) is -0.219. The summed E-state index contributed by atoms with van der Waals surface area (Å²) in [5.74, 6) is 0.886. The molecule has 1 rings (SSSR count). The minimum Gasteiger partial charge on any atom is -0.355 e. The molecule has 0 spiro atoms. The number of rotatable bonds is 8. The first kappa shape index (κ1) is 14.6. The molecule has 0 bridgehead atoms. The van der Waals surface area contributed by atoms with Crippen molar-refractivity contribution < 1.29 is 4.79 Å². The van der Waals surface area contributed by atoms with Crippen molar-refractivity contribution in [2.75, 3.05) is 6.54 Å². The zero-order valence-corrected chi connectivity index (χ0v) is 11.4. The van der Waals surface area contributed by atoms with Crippen LogP contribution in [0, 0.1) is 0 Å². The lowest BCUT2D eigenvalue weighted by atomic mass is 10.3. The van der Waals surface area contributed by atoms with Crippen LogP contribution in [0.15, 0.2) is 6.33 Å². The average Bonchev–Trinajstić information content (AvgIpc) is 2.83. The van der Waals surface area contributed by atoms with E-state index in [2.05, 4.69) is 27.8 Å². The molecule has 1 amide bonds. The first-order valence-corrected chi connectivity index (χ1v) is 6.56. The van der Waals surface area contributed by atoms with Crippen molar-refractivity contribution in [1.29, 1.82) is 0 Å². The highest BCUT2D eigenvalue weighted by atomic mass is 16.2. The lowest BCUT2D eigenvalue weighted by molar-refractivity contribution is -0.122. The van der Waals surface area contributed by atoms with Crippen LogP contribution in [0.1, 0.15) is 39.4 Å². The number of hydrogen-bond acceptors (Lipinski definition) is 4. The second-order valence-corrected chi connectivity index (χ2v) is 4.28. The molecule has 0 aromatic carbocycles. The number of hydrogen-bond donors (Lipinski definition) is 2. The molecule has 18 heavy (non-hydrogen) atoms. The minimum absolute atomic E-state index is 0.0333. The molecule has 102 valence electrons. The summed E-state index contributed by atoms with van der Waals surface area (Å²) in [6.07, 6.45) is 3.80. The van der Waals surface area contributed by atoms with E-state index in [1.807, 2.05) is 18.4 Å². The summed E-state index contributed by atoms with van der Waals surface area (Å²) >= 11 is 0. The number of aryl methyl sites for hydroxylation is 1. The summed E-state index contributed by atoms with van der Waals surface area (Å²) < 4.78 is 1.95. The molecule has 0 saturated carbocycles. The molecule has 1 aromatic rings. The monoisotopic (exact) mass is 253 g/mol. The zero-order chi connectivity index (χ0) is 13.4. The molecule has 0 aliphatic carbocycles. The average molecular weight is 253 g/mol. The Morgan fingerprint density at radius 3 is 2.94 bits per heavy atom. The molecule has 0 fully saturated rings. The predicted octanol–water partition coefficient (Wildman–Crippen LogP) is 0.692. The fraction of sp³-hybridized carbons (Fsp3) is 0.750. The van der Waals surface area contributed by atoms with Crippen LogP contribution in [0.25, 0.3) is 0 Å². The quantitative estimate of drug-likeness (QED) is 0.669. The summed E-state index contributed by atoms with van der Waals surface area (Å²) in [7, 11) is 0. The Morgan fingerprint density at radius 2 is 2.28 bits per heavy atom. The highest BCUT2D eigenvalue weighted by molar-refractivity contribution is 5.81. The molecule has 1 unspecified atom stereocenters. The number of carbonyl (C=O) groups is 1. The summed E-state index contributed by atoms with van der Waals surface area (Å²) in [4.78, 5) is 11.7. The van der Waals surface area contributed by atoms with E-state index in [9.17, 15) is 4.79 Å². The van der Waals surface area contributed by atoms with Crippen molar-refractivity contribution in [3.63, 3.8) is 0 Å². The van der Waals surface area contributed by atoms with Gasteiger partial charge in [0.25, 0.3) is 0 Å². The molecule has 0 radical (unpaired) electrons. The van der Waals surface area contributed by atoms with Crippen LogP contribution in [0.2, 0.25) is 0 Å². The van der Waals surface area contributed by atoms with Crippen LogP contribution in [0.5, 0.6) is 0 Å². The maximum Gasteiger partial charge on any atom is 0.236 e. The van der Waals surface area contributed by atoms with E-state index in [0.717, 1.165) is 31.8 Å². The smallest absolute Gasteiger partial charge is 0.236 e. The van der Waals surface area contributed by atoms with Crippen molar-refractivity contribution >= 4 is 5.91 Å². The third-order valence-corrected chi connectivity index (χ3v) is 2.83. The molecule has 0 aliphatic rings. The second-order valence-electron chi connectivity index (χ2n) is 4.28. The fourth-order valence-corrected chi connectivity index (χ4v) is 1.56. The van der Waals surface area contributed by atoms with Crippen molar-refractivity contribution in [3.8, 4) is 0 Å². The Bertz CT molecular complexity index is 363. The van der Waals surface area contributed by atoms with Crippen molar-refractivity contribution in [2.45, 2.75) is 52.7 Å².